The number of rotatable bonds is 2. The second-order valence-corrected chi connectivity index (χ2v) is 4.78. The van der Waals surface area contributed by atoms with Crippen LogP contribution in [-0.4, -0.2) is 11.4 Å². The Bertz CT molecular complexity index is 538. The topological polar surface area (TPSA) is 43.1 Å². The van der Waals surface area contributed by atoms with Crippen LogP contribution >= 0.6 is 0 Å². The molecule has 0 radical (unpaired) electrons. The highest BCUT2D eigenvalue weighted by atomic mass is 16.5. The summed E-state index contributed by atoms with van der Waals surface area (Å²) in [7, 11) is 0. The van der Waals surface area contributed by atoms with Crippen molar-refractivity contribution in [1.82, 2.24) is 5.16 Å². The standard InChI is InChI=1S/C14H15NO2/c16-9-10-6-7-13-12(8-10)14(17-15-13)11-4-2-1-3-5-11/h6-9,11H,1-5H2. The average Bonchev–Trinajstić information content (AvgIpc) is 2.82. The van der Waals surface area contributed by atoms with Crippen molar-refractivity contribution >= 4 is 17.2 Å². The molecule has 0 N–H and O–H groups in total. The van der Waals surface area contributed by atoms with Gasteiger partial charge in [-0.3, -0.25) is 4.79 Å². The first-order chi connectivity index (χ1) is 8.38. The Labute approximate surface area is 99.8 Å². The number of hydrogen-bond donors (Lipinski definition) is 0. The average molecular weight is 229 g/mol. The Morgan fingerprint density at radius 1 is 1.24 bits per heavy atom. The summed E-state index contributed by atoms with van der Waals surface area (Å²) in [4.78, 5) is 10.8. The van der Waals surface area contributed by atoms with Crippen LogP contribution in [0.4, 0.5) is 0 Å². The van der Waals surface area contributed by atoms with E-state index < -0.39 is 0 Å². The second kappa shape index (κ2) is 4.32. The number of nitrogens with zero attached hydrogens (tertiary/aromatic N) is 1. The van der Waals surface area contributed by atoms with Gasteiger partial charge in [-0.25, -0.2) is 0 Å². The van der Waals surface area contributed by atoms with Gasteiger partial charge in [-0.05, 0) is 31.0 Å². The molecule has 1 aliphatic rings. The van der Waals surface area contributed by atoms with Gasteiger partial charge in [0.25, 0.3) is 0 Å². The molecule has 1 fully saturated rings. The van der Waals surface area contributed by atoms with Crippen LogP contribution in [0.2, 0.25) is 0 Å². The highest BCUT2D eigenvalue weighted by molar-refractivity contribution is 5.88. The molecule has 17 heavy (non-hydrogen) atoms. The van der Waals surface area contributed by atoms with Gasteiger partial charge in [0.15, 0.2) is 0 Å². The van der Waals surface area contributed by atoms with E-state index in [1.54, 1.807) is 6.07 Å². The van der Waals surface area contributed by atoms with Crippen molar-refractivity contribution < 1.29 is 9.32 Å². The molecule has 0 amide bonds. The molecular weight excluding hydrogens is 214 g/mol. The number of carbonyl (C=O) groups is 1. The number of fused-ring (bicyclic) bond motifs is 1. The monoisotopic (exact) mass is 229 g/mol. The minimum atomic E-state index is 0.482. The molecular formula is C14H15NO2. The summed E-state index contributed by atoms with van der Waals surface area (Å²) >= 11 is 0. The lowest BCUT2D eigenvalue weighted by atomic mass is 9.86. The first-order valence-electron chi connectivity index (χ1n) is 6.23. The van der Waals surface area contributed by atoms with Crippen LogP contribution in [0, 0.1) is 0 Å². The zero-order valence-electron chi connectivity index (χ0n) is 9.69. The van der Waals surface area contributed by atoms with Gasteiger partial charge in [0.1, 0.15) is 17.6 Å². The normalized spacial score (nSPS) is 17.4. The molecule has 3 nitrogen and oxygen atoms in total. The summed E-state index contributed by atoms with van der Waals surface area (Å²) in [5.74, 6) is 1.46. The highest BCUT2D eigenvalue weighted by Crippen LogP contribution is 2.36. The molecule has 1 aromatic heterocycles. The maximum atomic E-state index is 10.8. The van der Waals surface area contributed by atoms with Crippen molar-refractivity contribution in [3.05, 3.63) is 29.5 Å². The molecule has 1 aliphatic carbocycles. The number of hydrogen-bond acceptors (Lipinski definition) is 3. The Morgan fingerprint density at radius 2 is 2.06 bits per heavy atom. The molecule has 3 heteroatoms. The molecule has 0 spiro atoms. The molecule has 1 saturated carbocycles. The van der Waals surface area contributed by atoms with E-state index in [1.807, 2.05) is 12.1 Å². The highest BCUT2D eigenvalue weighted by Gasteiger charge is 2.22. The first-order valence-corrected chi connectivity index (χ1v) is 6.23. The lowest BCUT2D eigenvalue weighted by Crippen LogP contribution is -2.03. The summed E-state index contributed by atoms with van der Waals surface area (Å²) < 4.78 is 5.49. The van der Waals surface area contributed by atoms with Crippen molar-refractivity contribution in [1.29, 1.82) is 0 Å². The van der Waals surface area contributed by atoms with E-state index in [9.17, 15) is 4.79 Å². The third-order valence-corrected chi connectivity index (χ3v) is 3.64. The van der Waals surface area contributed by atoms with Crippen molar-refractivity contribution in [2.75, 3.05) is 0 Å². The molecule has 88 valence electrons. The van der Waals surface area contributed by atoms with Gasteiger partial charge in [-0.1, -0.05) is 24.4 Å². The summed E-state index contributed by atoms with van der Waals surface area (Å²) in [6, 6.07) is 5.53. The van der Waals surface area contributed by atoms with E-state index >= 15 is 0 Å². The van der Waals surface area contributed by atoms with Crippen molar-refractivity contribution in [2.45, 2.75) is 38.0 Å². The summed E-state index contributed by atoms with van der Waals surface area (Å²) in [6.45, 7) is 0. The fourth-order valence-corrected chi connectivity index (χ4v) is 2.71. The number of carbonyl (C=O) groups excluding carboxylic acids is 1. The van der Waals surface area contributed by atoms with E-state index in [0.29, 0.717) is 11.5 Å². The molecule has 0 bridgehead atoms. The van der Waals surface area contributed by atoms with Gasteiger partial charge in [0.05, 0.1) is 0 Å². The molecule has 1 aromatic carbocycles. The van der Waals surface area contributed by atoms with Crippen LogP contribution in [-0.2, 0) is 0 Å². The van der Waals surface area contributed by atoms with Crippen LogP contribution in [0.5, 0.6) is 0 Å². The predicted octanol–water partition coefficient (Wildman–Crippen LogP) is 3.69. The quantitative estimate of drug-likeness (QED) is 0.737. The first kappa shape index (κ1) is 10.5. The van der Waals surface area contributed by atoms with Crippen LogP contribution in [0.15, 0.2) is 22.7 Å². The summed E-state index contributed by atoms with van der Waals surface area (Å²) in [6.07, 6.45) is 7.07. The van der Waals surface area contributed by atoms with Gasteiger partial charge < -0.3 is 4.52 Å². The van der Waals surface area contributed by atoms with Gasteiger partial charge >= 0.3 is 0 Å². The second-order valence-electron chi connectivity index (χ2n) is 4.78. The fourth-order valence-electron chi connectivity index (χ4n) is 2.71. The molecule has 3 rings (SSSR count). The van der Waals surface area contributed by atoms with E-state index in [4.69, 9.17) is 4.52 Å². The Hall–Kier alpha value is -1.64. The number of benzene rings is 1. The smallest absolute Gasteiger partial charge is 0.150 e. The lowest BCUT2D eigenvalue weighted by molar-refractivity contribution is 0.112. The molecule has 2 aromatic rings. The Balaban J connectivity index is 2.05. The van der Waals surface area contributed by atoms with E-state index in [0.717, 1.165) is 22.9 Å². The van der Waals surface area contributed by atoms with Crippen LogP contribution < -0.4 is 0 Å². The third-order valence-electron chi connectivity index (χ3n) is 3.64. The van der Waals surface area contributed by atoms with Crippen molar-refractivity contribution in [3.63, 3.8) is 0 Å². The largest absolute Gasteiger partial charge is 0.360 e. The Kier molecular flexibility index (Phi) is 2.67. The lowest BCUT2D eigenvalue weighted by Gasteiger charge is -2.18. The van der Waals surface area contributed by atoms with Crippen LogP contribution in [0.1, 0.15) is 54.1 Å². The predicted molar refractivity (Wildman–Crippen MR) is 65.2 cm³/mol. The van der Waals surface area contributed by atoms with Crippen molar-refractivity contribution in [3.8, 4) is 0 Å². The van der Waals surface area contributed by atoms with Gasteiger partial charge in [0, 0.05) is 16.9 Å². The van der Waals surface area contributed by atoms with Gasteiger partial charge in [-0.15, -0.1) is 0 Å². The van der Waals surface area contributed by atoms with E-state index in [-0.39, 0.29) is 0 Å². The van der Waals surface area contributed by atoms with Crippen LogP contribution in [0.25, 0.3) is 10.9 Å². The molecule has 0 aliphatic heterocycles. The van der Waals surface area contributed by atoms with Gasteiger partial charge in [0.2, 0.25) is 0 Å². The SMILES string of the molecule is O=Cc1ccc2noc(C3CCCCC3)c2c1. The molecule has 1 heterocycles. The minimum Gasteiger partial charge on any atom is -0.360 e. The zero-order chi connectivity index (χ0) is 11.7. The molecule has 0 atom stereocenters. The summed E-state index contributed by atoms with van der Waals surface area (Å²) in [5, 5.41) is 5.09. The minimum absolute atomic E-state index is 0.482. The van der Waals surface area contributed by atoms with Crippen molar-refractivity contribution in [2.24, 2.45) is 0 Å². The van der Waals surface area contributed by atoms with E-state index in [2.05, 4.69) is 5.16 Å². The molecule has 0 saturated heterocycles. The number of aromatic nitrogens is 1. The van der Waals surface area contributed by atoms with E-state index in [1.165, 1.54) is 32.1 Å². The maximum Gasteiger partial charge on any atom is 0.150 e. The zero-order valence-corrected chi connectivity index (χ0v) is 9.69. The van der Waals surface area contributed by atoms with Gasteiger partial charge in [-0.2, -0.15) is 0 Å². The van der Waals surface area contributed by atoms with Crippen LogP contribution in [0.3, 0.4) is 0 Å². The Morgan fingerprint density at radius 3 is 2.82 bits per heavy atom. The third kappa shape index (κ3) is 1.86. The number of aldehydes is 1. The summed E-state index contributed by atoms with van der Waals surface area (Å²) in [5.41, 5.74) is 1.55. The molecule has 0 unspecified atom stereocenters. The fraction of sp³-hybridized carbons (Fsp3) is 0.429. The maximum absolute atomic E-state index is 10.8.